The molecule has 1 aromatic heterocycles. The molecule has 0 unspecified atom stereocenters. The van der Waals surface area contributed by atoms with Crippen molar-refractivity contribution in [2.24, 2.45) is 5.92 Å². The van der Waals surface area contributed by atoms with Crippen LogP contribution < -0.4 is 0 Å². The standard InChI is InChI=1S/C15H19N3O6/c1-17-12(19)6-9(13(20)21)15(17)2-4-18(5-3-15)7-11-16-10(8-24-11)14(22)23/h8-9H,2-7H2,1H3,(H,20,21)(H,22,23)/t9-/m0/s1. The maximum Gasteiger partial charge on any atom is 0.357 e. The van der Waals surface area contributed by atoms with Crippen molar-refractivity contribution in [3.8, 4) is 0 Å². The Kier molecular flexibility index (Phi) is 4.04. The first-order valence-corrected chi connectivity index (χ1v) is 7.73. The molecule has 1 atom stereocenters. The molecule has 2 saturated heterocycles. The molecular weight excluding hydrogens is 318 g/mol. The van der Waals surface area contributed by atoms with E-state index in [1.165, 1.54) is 0 Å². The Hall–Kier alpha value is -2.42. The van der Waals surface area contributed by atoms with Gasteiger partial charge in [-0.15, -0.1) is 0 Å². The first-order valence-electron chi connectivity index (χ1n) is 7.73. The van der Waals surface area contributed by atoms with E-state index in [2.05, 4.69) is 4.98 Å². The van der Waals surface area contributed by atoms with Crippen LogP contribution in [0.2, 0.25) is 0 Å². The lowest BCUT2D eigenvalue weighted by Crippen LogP contribution is -2.55. The number of hydrogen-bond donors (Lipinski definition) is 2. The average Bonchev–Trinajstić information content (AvgIpc) is 3.09. The molecule has 3 heterocycles. The van der Waals surface area contributed by atoms with E-state index in [4.69, 9.17) is 9.52 Å². The van der Waals surface area contributed by atoms with Gasteiger partial charge in [0, 0.05) is 26.6 Å². The molecule has 9 nitrogen and oxygen atoms in total. The fraction of sp³-hybridized carbons (Fsp3) is 0.600. The zero-order valence-electron chi connectivity index (χ0n) is 13.3. The van der Waals surface area contributed by atoms with Crippen LogP contribution in [0.15, 0.2) is 10.7 Å². The molecule has 9 heteroatoms. The van der Waals surface area contributed by atoms with Gasteiger partial charge in [-0.3, -0.25) is 14.5 Å². The molecule has 2 N–H and O–H groups in total. The Balaban J connectivity index is 1.67. The molecule has 130 valence electrons. The van der Waals surface area contributed by atoms with E-state index >= 15 is 0 Å². The largest absolute Gasteiger partial charge is 0.481 e. The molecule has 3 rings (SSSR count). The second-order valence-electron chi connectivity index (χ2n) is 6.36. The third-order valence-corrected chi connectivity index (χ3v) is 5.22. The van der Waals surface area contributed by atoms with Crippen LogP contribution in [0.3, 0.4) is 0 Å². The summed E-state index contributed by atoms with van der Waals surface area (Å²) >= 11 is 0. The van der Waals surface area contributed by atoms with Gasteiger partial charge in [0.25, 0.3) is 0 Å². The molecule has 0 bridgehead atoms. The van der Waals surface area contributed by atoms with Gasteiger partial charge in [0.2, 0.25) is 11.8 Å². The number of oxazole rings is 1. The van der Waals surface area contributed by atoms with Gasteiger partial charge in [-0.25, -0.2) is 9.78 Å². The van der Waals surface area contributed by atoms with Gasteiger partial charge < -0.3 is 19.5 Å². The third-order valence-electron chi connectivity index (χ3n) is 5.22. The number of aromatic nitrogens is 1. The number of carboxylic acid groups (broad SMARTS) is 2. The van der Waals surface area contributed by atoms with Gasteiger partial charge in [-0.1, -0.05) is 0 Å². The number of amides is 1. The monoisotopic (exact) mass is 337 g/mol. The lowest BCUT2D eigenvalue weighted by molar-refractivity contribution is -0.146. The van der Waals surface area contributed by atoms with Crippen molar-refractivity contribution in [2.45, 2.75) is 31.3 Å². The Labute approximate surface area is 137 Å². The summed E-state index contributed by atoms with van der Waals surface area (Å²) in [5.74, 6) is -2.57. The Morgan fingerprint density at radius 3 is 2.58 bits per heavy atom. The average molecular weight is 337 g/mol. The zero-order valence-corrected chi connectivity index (χ0v) is 13.3. The fourth-order valence-electron chi connectivity index (χ4n) is 3.76. The highest BCUT2D eigenvalue weighted by molar-refractivity contribution is 5.88. The summed E-state index contributed by atoms with van der Waals surface area (Å²) in [4.78, 5) is 41.8. The number of carbonyl (C=O) groups is 3. The molecule has 2 aliphatic rings. The number of carboxylic acids is 2. The highest BCUT2D eigenvalue weighted by Crippen LogP contribution is 2.42. The van der Waals surface area contributed by atoms with Crippen LogP contribution in [-0.2, 0) is 16.1 Å². The molecule has 24 heavy (non-hydrogen) atoms. The van der Waals surface area contributed by atoms with E-state index in [1.54, 1.807) is 11.9 Å². The lowest BCUT2D eigenvalue weighted by Gasteiger charge is -2.45. The summed E-state index contributed by atoms with van der Waals surface area (Å²) < 4.78 is 5.15. The minimum Gasteiger partial charge on any atom is -0.481 e. The molecule has 2 fully saturated rings. The van der Waals surface area contributed by atoms with E-state index in [1.807, 2.05) is 4.90 Å². The van der Waals surface area contributed by atoms with Crippen LogP contribution in [0.5, 0.6) is 0 Å². The number of aromatic carboxylic acids is 1. The smallest absolute Gasteiger partial charge is 0.357 e. The molecule has 1 amide bonds. The van der Waals surface area contributed by atoms with E-state index in [9.17, 15) is 19.5 Å². The molecule has 0 radical (unpaired) electrons. The quantitative estimate of drug-likeness (QED) is 0.802. The lowest BCUT2D eigenvalue weighted by atomic mass is 9.77. The van der Waals surface area contributed by atoms with Crippen molar-refractivity contribution in [1.29, 1.82) is 0 Å². The Morgan fingerprint density at radius 2 is 2.04 bits per heavy atom. The summed E-state index contributed by atoms with van der Waals surface area (Å²) in [5.41, 5.74) is -0.770. The van der Waals surface area contributed by atoms with Crippen molar-refractivity contribution < 1.29 is 29.0 Å². The van der Waals surface area contributed by atoms with E-state index in [0.29, 0.717) is 38.4 Å². The van der Waals surface area contributed by atoms with Gasteiger partial charge in [0.05, 0.1) is 18.0 Å². The zero-order chi connectivity index (χ0) is 17.5. The van der Waals surface area contributed by atoms with E-state index < -0.39 is 23.4 Å². The number of carbonyl (C=O) groups excluding carboxylic acids is 1. The molecule has 1 aromatic rings. The minimum absolute atomic E-state index is 0.0492. The van der Waals surface area contributed by atoms with Crippen LogP contribution in [0.4, 0.5) is 0 Å². The topological polar surface area (TPSA) is 124 Å². The van der Waals surface area contributed by atoms with Crippen LogP contribution in [0.25, 0.3) is 0 Å². The van der Waals surface area contributed by atoms with Crippen molar-refractivity contribution in [2.75, 3.05) is 20.1 Å². The molecule has 0 aliphatic carbocycles. The molecule has 0 aromatic carbocycles. The summed E-state index contributed by atoms with van der Waals surface area (Å²) in [6, 6.07) is 0. The summed E-state index contributed by atoms with van der Waals surface area (Å²) in [6.45, 7) is 1.54. The Bertz CT molecular complexity index is 677. The van der Waals surface area contributed by atoms with E-state index in [-0.39, 0.29) is 18.0 Å². The number of rotatable bonds is 4. The fourth-order valence-corrected chi connectivity index (χ4v) is 3.76. The van der Waals surface area contributed by atoms with Crippen molar-refractivity contribution >= 4 is 17.8 Å². The molecule has 2 aliphatic heterocycles. The predicted molar refractivity (Wildman–Crippen MR) is 79.2 cm³/mol. The molecular formula is C15H19N3O6. The number of likely N-dealkylation sites (tertiary alicyclic amines) is 2. The first kappa shape index (κ1) is 16.4. The van der Waals surface area contributed by atoms with Gasteiger partial charge in [-0.2, -0.15) is 0 Å². The van der Waals surface area contributed by atoms with E-state index in [0.717, 1.165) is 6.26 Å². The Morgan fingerprint density at radius 1 is 1.38 bits per heavy atom. The highest BCUT2D eigenvalue weighted by atomic mass is 16.4. The van der Waals surface area contributed by atoms with Gasteiger partial charge >= 0.3 is 11.9 Å². The first-order chi connectivity index (χ1) is 11.3. The molecule has 0 saturated carbocycles. The number of aliphatic carboxylic acids is 1. The predicted octanol–water partition coefficient (Wildman–Crippen LogP) is 0.270. The number of nitrogens with zero attached hydrogens (tertiary/aromatic N) is 3. The number of hydrogen-bond acceptors (Lipinski definition) is 6. The number of piperidine rings is 1. The second-order valence-corrected chi connectivity index (χ2v) is 6.36. The summed E-state index contributed by atoms with van der Waals surface area (Å²) in [5, 5.41) is 18.3. The highest BCUT2D eigenvalue weighted by Gasteiger charge is 2.55. The van der Waals surface area contributed by atoms with Crippen molar-refractivity contribution in [3.05, 3.63) is 17.8 Å². The van der Waals surface area contributed by atoms with Crippen LogP contribution in [-0.4, -0.2) is 68.5 Å². The summed E-state index contributed by atoms with van der Waals surface area (Å²) in [6.07, 6.45) is 2.26. The molecule has 1 spiro atoms. The third kappa shape index (κ3) is 2.64. The van der Waals surface area contributed by atoms with Crippen LogP contribution in [0, 0.1) is 5.92 Å². The van der Waals surface area contributed by atoms with Gasteiger partial charge in [0.15, 0.2) is 5.69 Å². The normalized spacial score (nSPS) is 23.8. The van der Waals surface area contributed by atoms with Crippen molar-refractivity contribution in [3.63, 3.8) is 0 Å². The van der Waals surface area contributed by atoms with Crippen molar-refractivity contribution in [1.82, 2.24) is 14.8 Å². The van der Waals surface area contributed by atoms with Gasteiger partial charge in [-0.05, 0) is 12.8 Å². The SMILES string of the molecule is CN1C(=O)C[C@@H](C(=O)O)C12CCN(Cc1nc(C(=O)O)co1)CC2. The van der Waals surface area contributed by atoms with Gasteiger partial charge in [0.1, 0.15) is 6.26 Å². The maximum atomic E-state index is 12.0. The van der Waals surface area contributed by atoms with Crippen LogP contribution >= 0.6 is 0 Å². The maximum absolute atomic E-state index is 12.0. The minimum atomic E-state index is -1.14. The second kappa shape index (κ2) is 5.90. The van der Waals surface area contributed by atoms with Crippen LogP contribution in [0.1, 0.15) is 35.6 Å². The summed E-state index contributed by atoms with van der Waals surface area (Å²) in [7, 11) is 1.67.